The Morgan fingerprint density at radius 3 is 1.15 bits per heavy atom. The zero-order valence-corrected chi connectivity index (χ0v) is 15.9. The van der Waals surface area contributed by atoms with Gasteiger partial charge in [-0.25, -0.2) is 23.3 Å². The van der Waals surface area contributed by atoms with Crippen molar-refractivity contribution in [2.45, 2.75) is 55.4 Å². The summed E-state index contributed by atoms with van der Waals surface area (Å²) < 4.78 is 1.42. The van der Waals surface area contributed by atoms with Crippen molar-refractivity contribution >= 4 is 3.81 Å². The van der Waals surface area contributed by atoms with Crippen molar-refractivity contribution in [2.75, 3.05) is 0 Å². The molecule has 0 aromatic carbocycles. The summed E-state index contributed by atoms with van der Waals surface area (Å²) in [4.78, 5) is 0. The van der Waals surface area contributed by atoms with Gasteiger partial charge in [-0.15, -0.1) is 0 Å². The predicted octanol–water partition coefficient (Wildman–Crippen LogP) is 5.41. The predicted molar refractivity (Wildman–Crippen MR) is 87.1 cm³/mol. The van der Waals surface area contributed by atoms with Crippen LogP contribution in [0.25, 0.3) is 0 Å². The Kier molecular flexibility index (Phi) is 9.26. The third-order valence-corrected chi connectivity index (χ3v) is 3.14. The first-order valence-electron chi connectivity index (χ1n) is 7.21. The first kappa shape index (κ1) is 19.5. The van der Waals surface area contributed by atoms with Gasteiger partial charge in [-0.1, -0.05) is 53.4 Å². The van der Waals surface area contributed by atoms with Crippen LogP contribution in [0.3, 0.4) is 0 Å². The zero-order valence-electron chi connectivity index (χ0n) is 14.3. The van der Waals surface area contributed by atoms with Gasteiger partial charge in [0.05, 0.1) is 0 Å². The molecule has 0 heterocycles. The molecule has 0 aliphatic heterocycles. The van der Waals surface area contributed by atoms with Gasteiger partial charge in [-0.2, -0.15) is 11.1 Å². The first-order chi connectivity index (χ1) is 9.13. The van der Waals surface area contributed by atoms with Gasteiger partial charge < -0.3 is 0 Å². The third kappa shape index (κ3) is 8.66. The van der Waals surface area contributed by atoms with Crippen molar-refractivity contribution < 1.29 is 20.0 Å². The molecular weight excluding hydrogens is 276 g/mol. The summed E-state index contributed by atoms with van der Waals surface area (Å²) in [7, 11) is 0. The molecule has 0 fully saturated rings. The second-order valence-corrected chi connectivity index (χ2v) is 7.44. The molecule has 2 aliphatic carbocycles. The van der Waals surface area contributed by atoms with Crippen molar-refractivity contribution in [2.24, 2.45) is 11.8 Å². The van der Waals surface area contributed by atoms with Crippen LogP contribution in [0.4, 0.5) is 0 Å². The van der Waals surface area contributed by atoms with Crippen LogP contribution in [0.5, 0.6) is 0 Å². The molecule has 0 radical (unpaired) electrons. The molecule has 0 amide bonds. The van der Waals surface area contributed by atoms with Crippen LogP contribution >= 0.6 is 0 Å². The Morgan fingerprint density at radius 1 is 0.850 bits per heavy atom. The van der Waals surface area contributed by atoms with Gasteiger partial charge in [0.1, 0.15) is 0 Å². The van der Waals surface area contributed by atoms with Crippen molar-refractivity contribution in [1.29, 1.82) is 0 Å². The number of hydrogen-bond acceptors (Lipinski definition) is 0. The standard InChI is InChI=1S/2C8H11.C3H6.Ti/c2*1-6-4-7(2)8(3)5-6;1-3-2;/h2*4,8H,1-3H3;1-2H3;/q2*-1;;+2. The van der Waals surface area contributed by atoms with Crippen molar-refractivity contribution in [3.8, 4) is 0 Å². The maximum atomic E-state index is 3.29. The van der Waals surface area contributed by atoms with E-state index in [1.165, 1.54) is 26.1 Å². The quantitative estimate of drug-likeness (QED) is 0.415. The van der Waals surface area contributed by atoms with Gasteiger partial charge >= 0.3 is 37.6 Å². The Morgan fingerprint density at radius 2 is 1.10 bits per heavy atom. The van der Waals surface area contributed by atoms with E-state index in [-0.39, 0.29) is 0 Å². The van der Waals surface area contributed by atoms with Crippen LogP contribution in [0, 0.1) is 24.0 Å². The summed E-state index contributed by atoms with van der Waals surface area (Å²) in [5.74, 6) is 1.13. The van der Waals surface area contributed by atoms with Crippen LogP contribution in [-0.4, -0.2) is 3.81 Å². The van der Waals surface area contributed by atoms with E-state index < -0.39 is 0 Å². The van der Waals surface area contributed by atoms with Gasteiger partial charge in [-0.05, 0) is 0 Å². The Bertz CT molecular complexity index is 416. The molecule has 0 N–H and O–H groups in total. The second kappa shape index (κ2) is 9.48. The summed E-state index contributed by atoms with van der Waals surface area (Å²) in [5.41, 5.74) is 5.44. The monoisotopic (exact) mass is 304 g/mol. The minimum absolute atomic E-state index is 0.565. The van der Waals surface area contributed by atoms with Crippen molar-refractivity contribution in [1.82, 2.24) is 0 Å². The molecule has 20 heavy (non-hydrogen) atoms. The number of allylic oxidation sites excluding steroid dienone is 8. The molecule has 0 saturated carbocycles. The molecule has 1 heteroatoms. The van der Waals surface area contributed by atoms with Gasteiger partial charge in [-0.3, -0.25) is 12.2 Å². The second-order valence-electron chi connectivity index (χ2n) is 5.87. The summed E-state index contributed by atoms with van der Waals surface area (Å²) in [6.45, 7) is 17.0. The summed E-state index contributed by atoms with van der Waals surface area (Å²) in [5, 5.41) is 0. The van der Waals surface area contributed by atoms with Crippen molar-refractivity contribution in [3.63, 3.8) is 0 Å². The van der Waals surface area contributed by atoms with Gasteiger partial charge in [0.15, 0.2) is 0 Å². The zero-order chi connectivity index (χ0) is 15.9. The SMILES string of the molecule is CC1=[C-]C(C)C(C)=C1.CC1=[C-]C(C)C(C)=C1.C[C](C)=[Ti+2]. The summed E-state index contributed by atoms with van der Waals surface area (Å²) in [6, 6.07) is 0. The molecule has 108 valence electrons. The van der Waals surface area contributed by atoms with E-state index in [1.807, 2.05) is 0 Å². The molecule has 2 unspecified atom stereocenters. The van der Waals surface area contributed by atoms with E-state index in [2.05, 4.69) is 99.7 Å². The molecule has 2 atom stereocenters. The van der Waals surface area contributed by atoms with Crippen LogP contribution in [0.1, 0.15) is 55.4 Å². The molecule has 0 spiro atoms. The fraction of sp³-hybridized carbons (Fsp3) is 0.526. The topological polar surface area (TPSA) is 0 Å². The van der Waals surface area contributed by atoms with E-state index in [1.54, 1.807) is 0 Å². The maximum absolute atomic E-state index is 3.29. The Labute approximate surface area is 137 Å². The molecule has 0 aromatic rings. The van der Waals surface area contributed by atoms with Crippen LogP contribution in [0.15, 0.2) is 34.4 Å². The third-order valence-electron chi connectivity index (χ3n) is 3.14. The van der Waals surface area contributed by atoms with Crippen molar-refractivity contribution in [3.05, 3.63) is 46.6 Å². The molecule has 0 saturated heterocycles. The molecule has 2 rings (SSSR count). The molecule has 0 bridgehead atoms. The van der Waals surface area contributed by atoms with Crippen LogP contribution < -0.4 is 0 Å². The van der Waals surface area contributed by atoms with Gasteiger partial charge in [0.2, 0.25) is 0 Å². The molecule has 2 aliphatic rings. The normalized spacial score (nSPS) is 23.5. The van der Waals surface area contributed by atoms with E-state index in [4.69, 9.17) is 0 Å². The average molecular weight is 304 g/mol. The summed E-state index contributed by atoms with van der Waals surface area (Å²) >= 11 is 2.08. The van der Waals surface area contributed by atoms with E-state index >= 15 is 0 Å². The van der Waals surface area contributed by atoms with Gasteiger partial charge in [0, 0.05) is 0 Å². The fourth-order valence-electron chi connectivity index (χ4n) is 1.93. The average Bonchev–Trinajstić information content (AvgIpc) is 2.70. The Balaban J connectivity index is 0.000000289. The minimum atomic E-state index is 0.565. The fourth-order valence-corrected chi connectivity index (χ4v) is 1.93. The molecular formula is C19H28Ti. The molecule has 0 aromatic heterocycles. The van der Waals surface area contributed by atoms with Gasteiger partial charge in [0.25, 0.3) is 0 Å². The Hall–Kier alpha value is -0.456. The first-order valence-corrected chi connectivity index (χ1v) is 7.99. The van der Waals surface area contributed by atoms with E-state index in [0.29, 0.717) is 11.8 Å². The van der Waals surface area contributed by atoms with E-state index in [0.717, 1.165) is 0 Å². The summed E-state index contributed by atoms with van der Waals surface area (Å²) in [6.07, 6.45) is 11.0. The molecule has 0 nitrogen and oxygen atoms in total. The number of rotatable bonds is 0. The number of hydrogen-bond donors (Lipinski definition) is 0. The van der Waals surface area contributed by atoms with E-state index in [9.17, 15) is 0 Å². The van der Waals surface area contributed by atoms with Crippen LogP contribution in [-0.2, 0) is 20.0 Å². The van der Waals surface area contributed by atoms with Crippen LogP contribution in [0.2, 0.25) is 0 Å².